The van der Waals surface area contributed by atoms with Crippen LogP contribution >= 0.6 is 11.5 Å². The quantitative estimate of drug-likeness (QED) is 0.784. The minimum atomic E-state index is 0.540. The number of rotatable bonds is 5. The van der Waals surface area contributed by atoms with Crippen LogP contribution in [0.1, 0.15) is 0 Å². The van der Waals surface area contributed by atoms with Crippen molar-refractivity contribution in [3.8, 4) is 11.6 Å². The predicted molar refractivity (Wildman–Crippen MR) is 61.3 cm³/mol. The van der Waals surface area contributed by atoms with E-state index in [0.29, 0.717) is 24.8 Å². The molecular formula is C9H11N5OS. The van der Waals surface area contributed by atoms with Crippen molar-refractivity contribution in [1.82, 2.24) is 19.3 Å². The maximum Gasteiger partial charge on any atom is 0.212 e. The highest BCUT2D eigenvalue weighted by Gasteiger charge is 2.07. The zero-order chi connectivity index (χ0) is 11.2. The molecule has 0 atom stereocenters. The lowest BCUT2D eigenvalue weighted by Gasteiger charge is -1.98. The summed E-state index contributed by atoms with van der Waals surface area (Å²) in [4.78, 5) is 12.4. The molecule has 0 radical (unpaired) electrons. The van der Waals surface area contributed by atoms with Crippen LogP contribution in [-0.2, 0) is 4.74 Å². The van der Waals surface area contributed by atoms with Crippen molar-refractivity contribution in [3.63, 3.8) is 0 Å². The van der Waals surface area contributed by atoms with Crippen LogP contribution in [-0.4, -0.2) is 39.6 Å². The molecule has 0 fully saturated rings. The molecule has 0 saturated heterocycles. The molecule has 0 amide bonds. The van der Waals surface area contributed by atoms with Crippen LogP contribution in [0.3, 0.4) is 0 Å². The molecule has 6 nitrogen and oxygen atoms in total. The number of hydrogen-bond donors (Lipinski definition) is 1. The normalized spacial score (nSPS) is 10.3. The highest BCUT2D eigenvalue weighted by atomic mass is 32.1. The zero-order valence-electron chi connectivity index (χ0n) is 8.75. The number of nitrogens with zero attached hydrogens (tertiary/aromatic N) is 4. The van der Waals surface area contributed by atoms with Gasteiger partial charge >= 0.3 is 0 Å². The van der Waals surface area contributed by atoms with Gasteiger partial charge in [0.2, 0.25) is 11.0 Å². The average molecular weight is 237 g/mol. The summed E-state index contributed by atoms with van der Waals surface area (Å²) in [6.45, 7) is 1.34. The van der Waals surface area contributed by atoms with Gasteiger partial charge in [0.1, 0.15) is 0 Å². The molecule has 0 aliphatic rings. The van der Waals surface area contributed by atoms with Gasteiger partial charge in [0.25, 0.3) is 0 Å². The van der Waals surface area contributed by atoms with Crippen molar-refractivity contribution in [3.05, 3.63) is 18.5 Å². The van der Waals surface area contributed by atoms with Crippen LogP contribution in [0, 0.1) is 0 Å². The summed E-state index contributed by atoms with van der Waals surface area (Å²) in [5.74, 6) is 1.09. The van der Waals surface area contributed by atoms with E-state index in [1.807, 2.05) is 0 Å². The number of hydrogen-bond acceptors (Lipinski definition) is 7. The largest absolute Gasteiger partial charge is 0.383 e. The minimum absolute atomic E-state index is 0.540. The number of anilines is 1. The van der Waals surface area contributed by atoms with Crippen LogP contribution in [0.2, 0.25) is 0 Å². The van der Waals surface area contributed by atoms with Crippen LogP contribution in [0.4, 0.5) is 5.13 Å². The van der Waals surface area contributed by atoms with E-state index in [0.717, 1.165) is 5.13 Å². The van der Waals surface area contributed by atoms with Gasteiger partial charge in [-0.2, -0.15) is 9.36 Å². The molecule has 0 bridgehead atoms. The molecule has 0 unspecified atom stereocenters. The average Bonchev–Trinajstić information content (AvgIpc) is 2.79. The SMILES string of the molecule is COCCNc1nc(-c2ncccn2)ns1. The van der Waals surface area contributed by atoms with Crippen LogP contribution in [0.15, 0.2) is 18.5 Å². The van der Waals surface area contributed by atoms with Crippen LogP contribution in [0.5, 0.6) is 0 Å². The fraction of sp³-hybridized carbons (Fsp3) is 0.333. The van der Waals surface area contributed by atoms with E-state index in [1.54, 1.807) is 25.6 Å². The summed E-state index contributed by atoms with van der Waals surface area (Å²) < 4.78 is 9.09. The maximum atomic E-state index is 4.92. The third-order valence-corrected chi connectivity index (χ3v) is 2.45. The Kier molecular flexibility index (Phi) is 3.73. The van der Waals surface area contributed by atoms with Gasteiger partial charge in [-0.15, -0.1) is 0 Å². The first-order valence-electron chi connectivity index (χ1n) is 4.74. The fourth-order valence-corrected chi connectivity index (χ4v) is 1.65. The summed E-state index contributed by atoms with van der Waals surface area (Å²) in [7, 11) is 1.66. The van der Waals surface area contributed by atoms with Gasteiger partial charge in [0.15, 0.2) is 5.82 Å². The van der Waals surface area contributed by atoms with E-state index in [2.05, 4.69) is 24.6 Å². The molecule has 2 heterocycles. The number of ether oxygens (including phenoxy) is 1. The number of methoxy groups -OCH3 is 1. The van der Waals surface area contributed by atoms with Crippen molar-refractivity contribution in [2.75, 3.05) is 25.6 Å². The Labute approximate surface area is 96.9 Å². The van der Waals surface area contributed by atoms with Crippen molar-refractivity contribution < 1.29 is 4.74 Å². The molecule has 2 rings (SSSR count). The van der Waals surface area contributed by atoms with Gasteiger partial charge in [0, 0.05) is 37.6 Å². The lowest BCUT2D eigenvalue weighted by Crippen LogP contribution is -2.07. The molecule has 2 aromatic heterocycles. The third-order valence-electron chi connectivity index (χ3n) is 1.77. The van der Waals surface area contributed by atoms with Gasteiger partial charge in [-0.05, 0) is 6.07 Å². The van der Waals surface area contributed by atoms with E-state index in [1.165, 1.54) is 11.5 Å². The second kappa shape index (κ2) is 5.47. The molecule has 0 aromatic carbocycles. The highest BCUT2D eigenvalue weighted by molar-refractivity contribution is 7.09. The molecule has 2 aromatic rings. The summed E-state index contributed by atoms with van der Waals surface area (Å²) in [6, 6.07) is 1.76. The summed E-state index contributed by atoms with van der Waals surface area (Å²) in [5.41, 5.74) is 0. The second-order valence-electron chi connectivity index (χ2n) is 2.92. The molecule has 0 spiro atoms. The standard InChI is InChI=1S/C9H11N5OS/c1-15-6-5-12-9-13-8(14-16-9)7-10-3-2-4-11-7/h2-4H,5-6H2,1H3,(H,12,13,14). The zero-order valence-corrected chi connectivity index (χ0v) is 9.57. The smallest absolute Gasteiger partial charge is 0.212 e. The molecule has 0 saturated carbocycles. The number of nitrogens with one attached hydrogen (secondary N) is 1. The topological polar surface area (TPSA) is 72.8 Å². The van der Waals surface area contributed by atoms with E-state index >= 15 is 0 Å². The van der Waals surface area contributed by atoms with Crippen molar-refractivity contribution in [2.24, 2.45) is 0 Å². The van der Waals surface area contributed by atoms with Gasteiger partial charge < -0.3 is 10.1 Å². The summed E-state index contributed by atoms with van der Waals surface area (Å²) in [5, 5.41) is 3.85. The Morgan fingerprint density at radius 2 is 2.12 bits per heavy atom. The van der Waals surface area contributed by atoms with Crippen LogP contribution < -0.4 is 5.32 Å². The van der Waals surface area contributed by atoms with E-state index in [4.69, 9.17) is 4.74 Å². The van der Waals surface area contributed by atoms with Crippen LogP contribution in [0.25, 0.3) is 11.6 Å². The Morgan fingerprint density at radius 1 is 1.31 bits per heavy atom. The van der Waals surface area contributed by atoms with E-state index in [-0.39, 0.29) is 0 Å². The Bertz CT molecular complexity index is 432. The second-order valence-corrected chi connectivity index (χ2v) is 3.67. The Morgan fingerprint density at radius 3 is 2.88 bits per heavy atom. The fourth-order valence-electron chi connectivity index (χ4n) is 1.06. The highest BCUT2D eigenvalue weighted by Crippen LogP contribution is 2.16. The molecule has 1 N–H and O–H groups in total. The molecule has 0 aliphatic carbocycles. The lowest BCUT2D eigenvalue weighted by atomic mass is 10.5. The first kappa shape index (κ1) is 10.9. The van der Waals surface area contributed by atoms with Gasteiger partial charge in [0.05, 0.1) is 6.61 Å². The van der Waals surface area contributed by atoms with E-state index < -0.39 is 0 Å². The minimum Gasteiger partial charge on any atom is -0.383 e. The molecule has 84 valence electrons. The summed E-state index contributed by atoms with van der Waals surface area (Å²) >= 11 is 1.29. The molecular weight excluding hydrogens is 226 g/mol. The van der Waals surface area contributed by atoms with Gasteiger partial charge in [-0.25, -0.2) is 9.97 Å². The maximum absolute atomic E-state index is 4.92. The van der Waals surface area contributed by atoms with Crippen molar-refractivity contribution >= 4 is 16.7 Å². The monoisotopic (exact) mass is 237 g/mol. The summed E-state index contributed by atoms with van der Waals surface area (Å²) in [6.07, 6.45) is 3.34. The van der Waals surface area contributed by atoms with Gasteiger partial charge in [-0.3, -0.25) is 0 Å². The van der Waals surface area contributed by atoms with E-state index in [9.17, 15) is 0 Å². The van der Waals surface area contributed by atoms with Gasteiger partial charge in [-0.1, -0.05) is 0 Å². The first-order valence-corrected chi connectivity index (χ1v) is 5.51. The van der Waals surface area contributed by atoms with Crippen molar-refractivity contribution in [2.45, 2.75) is 0 Å². The Balaban J connectivity index is 2.02. The van der Waals surface area contributed by atoms with Crippen molar-refractivity contribution in [1.29, 1.82) is 0 Å². The molecule has 16 heavy (non-hydrogen) atoms. The third kappa shape index (κ3) is 2.71. The first-order chi connectivity index (χ1) is 7.90. The lowest BCUT2D eigenvalue weighted by molar-refractivity contribution is 0.211. The Hall–Kier alpha value is -1.60. The molecule has 7 heteroatoms. The number of aromatic nitrogens is 4. The predicted octanol–water partition coefficient (Wildman–Crippen LogP) is 1.05. The molecule has 0 aliphatic heterocycles.